The number of benzene rings is 1. The first-order valence-corrected chi connectivity index (χ1v) is 6.08. The highest BCUT2D eigenvalue weighted by Gasteiger charge is 2.27. The summed E-state index contributed by atoms with van der Waals surface area (Å²) in [6.45, 7) is 7.25. The number of carboxylic acids is 1. The van der Waals surface area contributed by atoms with Gasteiger partial charge in [0.2, 0.25) is 0 Å². The largest absolute Gasteiger partial charge is 0.481 e. The van der Waals surface area contributed by atoms with Crippen molar-refractivity contribution < 1.29 is 14.7 Å². The van der Waals surface area contributed by atoms with E-state index in [2.05, 4.69) is 0 Å². The predicted molar refractivity (Wildman–Crippen MR) is 70.9 cm³/mol. The fourth-order valence-electron chi connectivity index (χ4n) is 1.59. The van der Waals surface area contributed by atoms with Gasteiger partial charge in [-0.2, -0.15) is 0 Å². The molecule has 0 fully saturated rings. The quantitative estimate of drug-likeness (QED) is 0.813. The van der Waals surface area contributed by atoms with E-state index in [1.807, 2.05) is 26.0 Å². The average Bonchev–Trinajstić information content (AvgIpc) is 2.29. The summed E-state index contributed by atoms with van der Waals surface area (Å²) in [7, 11) is 0. The minimum atomic E-state index is -0.865. The molecular formula is C15H20O3. The number of rotatable bonds is 5. The Hall–Kier alpha value is -1.64. The zero-order valence-electron chi connectivity index (χ0n) is 11.4. The summed E-state index contributed by atoms with van der Waals surface area (Å²) in [6.07, 6.45) is 0.621. The van der Waals surface area contributed by atoms with Crippen molar-refractivity contribution >= 4 is 11.8 Å². The van der Waals surface area contributed by atoms with Gasteiger partial charge in [-0.25, -0.2) is 0 Å². The lowest BCUT2D eigenvalue weighted by atomic mass is 9.86. The molecule has 1 N–H and O–H groups in total. The molecule has 98 valence electrons. The molecule has 0 saturated heterocycles. The van der Waals surface area contributed by atoms with Crippen molar-refractivity contribution in [2.24, 2.45) is 5.41 Å². The Morgan fingerprint density at radius 2 is 1.78 bits per heavy atom. The molecule has 18 heavy (non-hydrogen) atoms. The first-order valence-electron chi connectivity index (χ1n) is 6.08. The standard InChI is InChI=1S/C15H20O3/c1-10-5-6-12(9-11(10)2)13(16)7-8-15(3,4)14(17)18/h5-6,9H,7-8H2,1-4H3,(H,17,18). The summed E-state index contributed by atoms with van der Waals surface area (Å²) < 4.78 is 0. The number of Topliss-reactive ketones (excluding diaryl/α,β-unsaturated/α-hetero) is 1. The van der Waals surface area contributed by atoms with Gasteiger partial charge in [-0.3, -0.25) is 9.59 Å². The summed E-state index contributed by atoms with van der Waals surface area (Å²) in [4.78, 5) is 22.9. The van der Waals surface area contributed by atoms with Gasteiger partial charge in [0.05, 0.1) is 5.41 Å². The number of hydrogen-bond donors (Lipinski definition) is 1. The van der Waals surface area contributed by atoms with Gasteiger partial charge in [0, 0.05) is 12.0 Å². The van der Waals surface area contributed by atoms with Crippen molar-refractivity contribution in [3.05, 3.63) is 34.9 Å². The number of hydrogen-bond acceptors (Lipinski definition) is 2. The molecule has 0 aliphatic heterocycles. The van der Waals surface area contributed by atoms with Gasteiger partial charge in [0.25, 0.3) is 0 Å². The highest BCUT2D eigenvalue weighted by molar-refractivity contribution is 5.96. The van der Waals surface area contributed by atoms with Crippen LogP contribution in [-0.2, 0) is 4.79 Å². The molecule has 0 aromatic heterocycles. The number of carboxylic acid groups (broad SMARTS) is 1. The smallest absolute Gasteiger partial charge is 0.309 e. The van der Waals surface area contributed by atoms with E-state index in [0.29, 0.717) is 12.0 Å². The van der Waals surface area contributed by atoms with Crippen molar-refractivity contribution in [1.82, 2.24) is 0 Å². The lowest BCUT2D eigenvalue weighted by Crippen LogP contribution is -2.24. The molecular weight excluding hydrogens is 228 g/mol. The Morgan fingerprint density at radius 3 is 2.28 bits per heavy atom. The Kier molecular flexibility index (Phi) is 4.28. The van der Waals surface area contributed by atoms with E-state index < -0.39 is 11.4 Å². The molecule has 3 heteroatoms. The zero-order valence-corrected chi connectivity index (χ0v) is 11.4. The van der Waals surface area contributed by atoms with Crippen LogP contribution in [0.25, 0.3) is 0 Å². The SMILES string of the molecule is Cc1ccc(C(=O)CCC(C)(C)C(=O)O)cc1C. The molecule has 1 aromatic rings. The second-order valence-electron chi connectivity index (χ2n) is 5.41. The number of carbonyl (C=O) groups excluding carboxylic acids is 1. The van der Waals surface area contributed by atoms with E-state index in [-0.39, 0.29) is 12.2 Å². The molecule has 0 aliphatic carbocycles. The van der Waals surface area contributed by atoms with Crippen LogP contribution in [0.4, 0.5) is 0 Å². The lowest BCUT2D eigenvalue weighted by molar-refractivity contribution is -0.147. The normalized spacial score (nSPS) is 11.3. The lowest BCUT2D eigenvalue weighted by Gasteiger charge is -2.18. The van der Waals surface area contributed by atoms with Crippen LogP contribution in [0.15, 0.2) is 18.2 Å². The maximum absolute atomic E-state index is 12.0. The van der Waals surface area contributed by atoms with Crippen LogP contribution < -0.4 is 0 Å². The van der Waals surface area contributed by atoms with Crippen LogP contribution in [0.1, 0.15) is 48.2 Å². The minimum Gasteiger partial charge on any atom is -0.481 e. The Balaban J connectivity index is 2.72. The van der Waals surface area contributed by atoms with E-state index in [0.717, 1.165) is 11.1 Å². The summed E-state index contributed by atoms with van der Waals surface area (Å²) in [6, 6.07) is 5.59. The molecule has 1 rings (SSSR count). The molecule has 0 spiro atoms. The third-order valence-electron chi connectivity index (χ3n) is 3.38. The van der Waals surface area contributed by atoms with Crippen molar-refractivity contribution in [3.63, 3.8) is 0 Å². The Bertz CT molecular complexity index is 473. The third kappa shape index (κ3) is 3.42. The second kappa shape index (κ2) is 5.34. The molecule has 0 aliphatic rings. The van der Waals surface area contributed by atoms with Gasteiger partial charge in [-0.05, 0) is 51.3 Å². The first kappa shape index (κ1) is 14.4. The maximum Gasteiger partial charge on any atom is 0.309 e. The van der Waals surface area contributed by atoms with Crippen molar-refractivity contribution in [2.45, 2.75) is 40.5 Å². The van der Waals surface area contributed by atoms with E-state index in [1.165, 1.54) is 0 Å². The molecule has 0 bridgehead atoms. The number of carbonyl (C=O) groups is 2. The van der Waals surface area contributed by atoms with Crippen LogP contribution >= 0.6 is 0 Å². The fraction of sp³-hybridized carbons (Fsp3) is 0.467. The summed E-state index contributed by atoms with van der Waals surface area (Å²) in [5.74, 6) is -0.859. The van der Waals surface area contributed by atoms with Crippen molar-refractivity contribution in [1.29, 1.82) is 0 Å². The van der Waals surface area contributed by atoms with Crippen LogP contribution in [0.2, 0.25) is 0 Å². The second-order valence-corrected chi connectivity index (χ2v) is 5.41. The monoisotopic (exact) mass is 248 g/mol. The van der Waals surface area contributed by atoms with Gasteiger partial charge in [-0.1, -0.05) is 12.1 Å². The highest BCUT2D eigenvalue weighted by Crippen LogP contribution is 2.24. The first-order chi connectivity index (χ1) is 8.24. The van der Waals surface area contributed by atoms with E-state index in [9.17, 15) is 9.59 Å². The number of ketones is 1. The van der Waals surface area contributed by atoms with Gasteiger partial charge < -0.3 is 5.11 Å². The van der Waals surface area contributed by atoms with E-state index in [1.54, 1.807) is 19.9 Å². The molecule has 0 saturated carbocycles. The summed E-state index contributed by atoms with van der Waals surface area (Å²) in [5.41, 5.74) is 2.05. The molecule has 0 atom stereocenters. The predicted octanol–water partition coefficient (Wildman–Crippen LogP) is 3.38. The summed E-state index contributed by atoms with van der Waals surface area (Å²) in [5, 5.41) is 8.99. The molecule has 0 heterocycles. The van der Waals surface area contributed by atoms with Crippen molar-refractivity contribution in [3.8, 4) is 0 Å². The Labute approximate surface area is 108 Å². The van der Waals surface area contributed by atoms with Crippen LogP contribution in [-0.4, -0.2) is 16.9 Å². The van der Waals surface area contributed by atoms with Gasteiger partial charge in [-0.15, -0.1) is 0 Å². The zero-order chi connectivity index (χ0) is 13.9. The van der Waals surface area contributed by atoms with Crippen LogP contribution in [0.3, 0.4) is 0 Å². The third-order valence-corrected chi connectivity index (χ3v) is 3.38. The molecule has 0 radical (unpaired) electrons. The Morgan fingerprint density at radius 1 is 1.17 bits per heavy atom. The van der Waals surface area contributed by atoms with Gasteiger partial charge in [0.15, 0.2) is 5.78 Å². The maximum atomic E-state index is 12.0. The van der Waals surface area contributed by atoms with E-state index in [4.69, 9.17) is 5.11 Å². The minimum absolute atomic E-state index is 0.00688. The van der Waals surface area contributed by atoms with E-state index >= 15 is 0 Å². The highest BCUT2D eigenvalue weighted by atomic mass is 16.4. The van der Waals surface area contributed by atoms with Crippen LogP contribution in [0, 0.1) is 19.3 Å². The average molecular weight is 248 g/mol. The summed E-state index contributed by atoms with van der Waals surface area (Å²) >= 11 is 0. The number of aliphatic carboxylic acids is 1. The van der Waals surface area contributed by atoms with Crippen LogP contribution in [0.5, 0.6) is 0 Å². The fourth-order valence-corrected chi connectivity index (χ4v) is 1.59. The van der Waals surface area contributed by atoms with Gasteiger partial charge >= 0.3 is 5.97 Å². The van der Waals surface area contributed by atoms with Crippen molar-refractivity contribution in [2.75, 3.05) is 0 Å². The molecule has 3 nitrogen and oxygen atoms in total. The molecule has 0 unspecified atom stereocenters. The topological polar surface area (TPSA) is 54.4 Å². The molecule has 1 aromatic carbocycles. The number of aryl methyl sites for hydroxylation is 2. The van der Waals surface area contributed by atoms with Gasteiger partial charge in [0.1, 0.15) is 0 Å². The molecule has 0 amide bonds.